The van der Waals surface area contributed by atoms with Crippen LogP contribution in [0, 0.1) is 0 Å². The molecular weight excluding hydrogens is 536 g/mol. The van der Waals surface area contributed by atoms with Gasteiger partial charge in [-0.25, -0.2) is 0 Å². The molecular formula is C29H25BrN2O5. The Morgan fingerprint density at radius 3 is 2.51 bits per heavy atom. The second kappa shape index (κ2) is 10.1. The van der Waals surface area contributed by atoms with Gasteiger partial charge in [0.15, 0.2) is 0 Å². The largest absolute Gasteiger partial charge is 0.507 e. The maximum Gasteiger partial charge on any atom is 0.295 e. The molecule has 1 aromatic heterocycles. The molecule has 3 aromatic carbocycles. The van der Waals surface area contributed by atoms with Crippen molar-refractivity contribution in [1.82, 2.24) is 9.88 Å². The molecule has 1 saturated heterocycles. The smallest absolute Gasteiger partial charge is 0.295 e. The molecule has 1 amide bonds. The molecule has 188 valence electrons. The Hall–Kier alpha value is -4.04. The minimum atomic E-state index is -0.838. The molecule has 0 aliphatic carbocycles. The van der Waals surface area contributed by atoms with Crippen molar-refractivity contribution in [1.29, 1.82) is 0 Å². The number of methoxy groups -OCH3 is 2. The minimum Gasteiger partial charge on any atom is -0.507 e. The summed E-state index contributed by atoms with van der Waals surface area (Å²) in [5, 5.41) is 12.4. The number of nitrogens with one attached hydrogen (secondary N) is 1. The van der Waals surface area contributed by atoms with Crippen LogP contribution in [0.4, 0.5) is 0 Å². The number of aliphatic hydroxyl groups excluding tert-OH is 1. The van der Waals surface area contributed by atoms with Gasteiger partial charge in [0.2, 0.25) is 0 Å². The van der Waals surface area contributed by atoms with Crippen molar-refractivity contribution in [3.63, 3.8) is 0 Å². The van der Waals surface area contributed by atoms with E-state index in [0.29, 0.717) is 29.0 Å². The Kier molecular flexibility index (Phi) is 6.76. The van der Waals surface area contributed by atoms with Crippen molar-refractivity contribution >= 4 is 44.3 Å². The highest BCUT2D eigenvalue weighted by Gasteiger charge is 2.47. The number of ether oxygens (including phenoxy) is 2. The number of carbonyl (C=O) groups is 2. The number of halogens is 1. The molecule has 2 heterocycles. The zero-order chi connectivity index (χ0) is 26.1. The van der Waals surface area contributed by atoms with E-state index in [1.807, 2.05) is 30.5 Å². The number of amides is 1. The summed E-state index contributed by atoms with van der Waals surface area (Å²) in [4.78, 5) is 31.5. The van der Waals surface area contributed by atoms with Gasteiger partial charge in [-0.05, 0) is 42.3 Å². The second-order valence-electron chi connectivity index (χ2n) is 8.72. The summed E-state index contributed by atoms with van der Waals surface area (Å²) in [6.45, 7) is 0.267. The van der Waals surface area contributed by atoms with Crippen LogP contribution in [0.2, 0.25) is 0 Å². The van der Waals surface area contributed by atoms with Gasteiger partial charge in [0.1, 0.15) is 17.3 Å². The van der Waals surface area contributed by atoms with Gasteiger partial charge in [-0.3, -0.25) is 9.59 Å². The first-order valence-electron chi connectivity index (χ1n) is 11.7. The van der Waals surface area contributed by atoms with Crippen molar-refractivity contribution in [3.8, 4) is 11.5 Å². The molecule has 4 aromatic rings. The summed E-state index contributed by atoms with van der Waals surface area (Å²) in [6.07, 6.45) is 2.44. The number of H-pyrrole nitrogens is 1. The number of rotatable bonds is 7. The molecule has 0 saturated carbocycles. The van der Waals surface area contributed by atoms with E-state index in [-0.39, 0.29) is 17.9 Å². The number of aliphatic hydroxyl groups is 1. The zero-order valence-electron chi connectivity index (χ0n) is 20.3. The van der Waals surface area contributed by atoms with Gasteiger partial charge in [0.25, 0.3) is 11.7 Å². The van der Waals surface area contributed by atoms with Gasteiger partial charge in [-0.15, -0.1) is 0 Å². The highest BCUT2D eigenvalue weighted by Crippen LogP contribution is 2.44. The maximum absolute atomic E-state index is 13.4. The zero-order valence-corrected chi connectivity index (χ0v) is 21.9. The van der Waals surface area contributed by atoms with Gasteiger partial charge in [-0.1, -0.05) is 46.3 Å². The summed E-state index contributed by atoms with van der Waals surface area (Å²) in [5.41, 5.74) is 3.08. The highest BCUT2D eigenvalue weighted by molar-refractivity contribution is 9.10. The highest BCUT2D eigenvalue weighted by atomic mass is 79.9. The van der Waals surface area contributed by atoms with Crippen LogP contribution in [0.1, 0.15) is 22.7 Å². The lowest BCUT2D eigenvalue weighted by Gasteiger charge is -2.27. The van der Waals surface area contributed by atoms with E-state index in [2.05, 4.69) is 20.9 Å². The summed E-state index contributed by atoms with van der Waals surface area (Å²) < 4.78 is 11.8. The van der Waals surface area contributed by atoms with E-state index in [1.54, 1.807) is 49.6 Å². The topological polar surface area (TPSA) is 91.9 Å². The summed E-state index contributed by atoms with van der Waals surface area (Å²) in [6, 6.07) is 19.2. The molecule has 0 spiro atoms. The van der Waals surface area contributed by atoms with E-state index in [9.17, 15) is 14.7 Å². The number of carbonyl (C=O) groups excluding carboxylic acids is 2. The molecule has 2 N–H and O–H groups in total. The van der Waals surface area contributed by atoms with Crippen LogP contribution in [-0.2, 0) is 16.0 Å². The lowest BCUT2D eigenvalue weighted by Crippen LogP contribution is -2.31. The Bertz CT molecular complexity index is 1520. The van der Waals surface area contributed by atoms with Crippen LogP contribution in [0.5, 0.6) is 11.5 Å². The molecule has 7 nitrogen and oxygen atoms in total. The maximum atomic E-state index is 13.4. The van der Waals surface area contributed by atoms with Crippen LogP contribution >= 0.6 is 15.9 Å². The molecule has 1 aliphatic rings. The van der Waals surface area contributed by atoms with Gasteiger partial charge < -0.3 is 24.5 Å². The van der Waals surface area contributed by atoms with Gasteiger partial charge in [-0.2, -0.15) is 0 Å². The standard InChI is InChI=1S/C29H25BrN2O5/c1-36-20-11-12-22(24(15-20)37-2)26-25(27(33)17-7-9-19(30)10-8-17)28(34)29(35)32(26)14-13-18-16-31-23-6-4-3-5-21(18)23/h3-12,15-16,26,31,33H,13-14H2,1-2H3/t26-/m0/s1. The number of Topliss-reactive ketones (excluding diaryl/α,β-unsaturated/α-hetero) is 1. The molecule has 8 heteroatoms. The monoisotopic (exact) mass is 560 g/mol. The van der Waals surface area contributed by atoms with E-state index in [4.69, 9.17) is 9.47 Å². The number of benzene rings is 3. The number of aromatic amines is 1. The molecule has 1 aliphatic heterocycles. The van der Waals surface area contributed by atoms with Crippen molar-refractivity contribution in [2.45, 2.75) is 12.5 Å². The van der Waals surface area contributed by atoms with Gasteiger partial charge >= 0.3 is 0 Å². The molecule has 0 bridgehead atoms. The predicted molar refractivity (Wildman–Crippen MR) is 145 cm³/mol. The van der Waals surface area contributed by atoms with Crippen LogP contribution in [0.15, 0.2) is 83.0 Å². The fraction of sp³-hybridized carbons (Fsp3) is 0.172. The number of likely N-dealkylation sites (tertiary alicyclic amines) is 1. The molecule has 5 rings (SSSR count). The predicted octanol–water partition coefficient (Wildman–Crippen LogP) is 5.61. The number of fused-ring (bicyclic) bond motifs is 1. The second-order valence-corrected chi connectivity index (χ2v) is 9.63. The van der Waals surface area contributed by atoms with Crippen molar-refractivity contribution in [2.75, 3.05) is 20.8 Å². The van der Waals surface area contributed by atoms with Crippen LogP contribution in [0.3, 0.4) is 0 Å². The number of para-hydroxylation sites is 1. The fourth-order valence-corrected chi connectivity index (χ4v) is 5.09. The third-order valence-electron chi connectivity index (χ3n) is 6.69. The molecule has 1 fully saturated rings. The molecule has 0 radical (unpaired) electrons. The summed E-state index contributed by atoms with van der Waals surface area (Å²) in [7, 11) is 3.07. The molecule has 0 unspecified atom stereocenters. The first-order valence-corrected chi connectivity index (χ1v) is 12.5. The fourth-order valence-electron chi connectivity index (χ4n) is 4.82. The van der Waals surface area contributed by atoms with Crippen LogP contribution < -0.4 is 9.47 Å². The number of hydrogen-bond donors (Lipinski definition) is 2. The van der Waals surface area contributed by atoms with Gasteiger partial charge in [0.05, 0.1) is 25.8 Å². The summed E-state index contributed by atoms with van der Waals surface area (Å²) in [5.74, 6) is -0.610. The molecule has 1 atom stereocenters. The number of aromatic nitrogens is 1. The van der Waals surface area contributed by atoms with Crippen molar-refractivity contribution < 1.29 is 24.2 Å². The number of nitrogens with zero attached hydrogens (tertiary/aromatic N) is 1. The van der Waals surface area contributed by atoms with Crippen LogP contribution in [0.25, 0.3) is 16.7 Å². The van der Waals surface area contributed by atoms with E-state index < -0.39 is 17.7 Å². The normalized spacial score (nSPS) is 16.9. The summed E-state index contributed by atoms with van der Waals surface area (Å²) >= 11 is 3.39. The lowest BCUT2D eigenvalue weighted by molar-refractivity contribution is -0.139. The Morgan fingerprint density at radius 2 is 1.78 bits per heavy atom. The average Bonchev–Trinajstić information content (AvgIpc) is 3.45. The minimum absolute atomic E-state index is 0.0229. The lowest BCUT2D eigenvalue weighted by atomic mass is 9.94. The number of ketones is 1. The first kappa shape index (κ1) is 24.6. The Labute approximate surface area is 222 Å². The van der Waals surface area contributed by atoms with Crippen LogP contribution in [-0.4, -0.2) is 47.4 Å². The first-order chi connectivity index (χ1) is 17.9. The SMILES string of the molecule is COc1ccc([C@H]2C(=C(O)c3ccc(Br)cc3)C(=O)C(=O)N2CCc2c[nH]c3ccccc23)c(OC)c1. The Balaban J connectivity index is 1.61. The van der Waals surface area contributed by atoms with E-state index in [1.165, 1.54) is 12.0 Å². The van der Waals surface area contributed by atoms with Gasteiger partial charge in [0, 0.05) is 45.3 Å². The molecule has 37 heavy (non-hydrogen) atoms. The van der Waals surface area contributed by atoms with E-state index in [0.717, 1.165) is 20.9 Å². The average molecular weight is 561 g/mol. The Morgan fingerprint density at radius 1 is 1.03 bits per heavy atom. The third kappa shape index (κ3) is 4.49. The quantitative estimate of drug-likeness (QED) is 0.174. The van der Waals surface area contributed by atoms with Crippen molar-refractivity contribution in [3.05, 3.63) is 99.7 Å². The van der Waals surface area contributed by atoms with E-state index >= 15 is 0 Å². The third-order valence-corrected chi connectivity index (χ3v) is 7.22. The number of hydrogen-bond acceptors (Lipinski definition) is 5. The van der Waals surface area contributed by atoms with Crippen molar-refractivity contribution in [2.24, 2.45) is 0 Å².